The van der Waals surface area contributed by atoms with Crippen LogP contribution in [0.5, 0.6) is 0 Å². The molecular formula is C19H19FN2O3. The van der Waals surface area contributed by atoms with E-state index >= 15 is 0 Å². The largest absolute Gasteiger partial charge is 0.478 e. The number of benzene rings is 1. The summed E-state index contributed by atoms with van der Waals surface area (Å²) in [6.07, 6.45) is 3.94. The van der Waals surface area contributed by atoms with Crippen LogP contribution in [-0.4, -0.2) is 40.0 Å². The number of piperidine rings is 1. The highest BCUT2D eigenvalue weighted by atomic mass is 19.1. The minimum absolute atomic E-state index is 0.0598. The van der Waals surface area contributed by atoms with Crippen LogP contribution in [0.2, 0.25) is 0 Å². The zero-order valence-electron chi connectivity index (χ0n) is 13.7. The maximum absolute atomic E-state index is 13.0. The van der Waals surface area contributed by atoms with Gasteiger partial charge in [0.15, 0.2) is 0 Å². The molecule has 6 heteroatoms. The Kier molecular flexibility index (Phi) is 5.07. The van der Waals surface area contributed by atoms with Crippen LogP contribution < -0.4 is 0 Å². The molecule has 25 heavy (non-hydrogen) atoms. The van der Waals surface area contributed by atoms with Crippen LogP contribution in [0.1, 0.15) is 39.3 Å². The minimum atomic E-state index is -1.07. The topological polar surface area (TPSA) is 70.5 Å². The number of hydrogen-bond donors (Lipinski definition) is 1. The number of nitrogens with zero attached hydrogens (tertiary/aromatic N) is 2. The molecule has 0 bridgehead atoms. The van der Waals surface area contributed by atoms with Gasteiger partial charge in [0.05, 0.1) is 5.56 Å². The van der Waals surface area contributed by atoms with Crippen LogP contribution in [0.4, 0.5) is 4.39 Å². The van der Waals surface area contributed by atoms with E-state index in [4.69, 9.17) is 5.11 Å². The summed E-state index contributed by atoms with van der Waals surface area (Å²) in [6, 6.07) is 9.22. The molecule has 1 aliphatic heterocycles. The Morgan fingerprint density at radius 3 is 2.48 bits per heavy atom. The first-order chi connectivity index (χ1) is 12.0. The number of hydrogen-bond acceptors (Lipinski definition) is 3. The molecule has 3 rings (SSSR count). The molecule has 1 amide bonds. The number of aromatic carboxylic acids is 1. The van der Waals surface area contributed by atoms with Crippen molar-refractivity contribution in [3.8, 4) is 0 Å². The lowest BCUT2D eigenvalue weighted by Crippen LogP contribution is -2.39. The molecule has 0 unspecified atom stereocenters. The lowest BCUT2D eigenvalue weighted by Gasteiger charge is -2.32. The Hall–Kier alpha value is -2.76. The second-order valence-corrected chi connectivity index (χ2v) is 6.30. The number of rotatable bonds is 4. The van der Waals surface area contributed by atoms with Gasteiger partial charge in [-0.1, -0.05) is 12.1 Å². The molecule has 2 aromatic rings. The summed E-state index contributed by atoms with van der Waals surface area (Å²) < 4.78 is 13.0. The zero-order valence-corrected chi connectivity index (χ0v) is 13.7. The van der Waals surface area contributed by atoms with E-state index in [-0.39, 0.29) is 23.0 Å². The fraction of sp³-hybridized carbons (Fsp3) is 0.316. The SMILES string of the molecule is O=C(O)c1ccnc(C(=O)N2CCC(Cc3ccc(F)cc3)CC2)c1. The van der Waals surface area contributed by atoms with Gasteiger partial charge in [0.1, 0.15) is 11.5 Å². The molecule has 2 heterocycles. The third kappa shape index (κ3) is 4.21. The van der Waals surface area contributed by atoms with Crippen LogP contribution >= 0.6 is 0 Å². The molecule has 1 N–H and O–H groups in total. The molecule has 0 aliphatic carbocycles. The van der Waals surface area contributed by atoms with Gasteiger partial charge in [-0.25, -0.2) is 9.18 Å². The van der Waals surface area contributed by atoms with Crippen molar-refractivity contribution in [3.05, 3.63) is 65.2 Å². The van der Waals surface area contributed by atoms with E-state index in [1.807, 2.05) is 0 Å². The van der Waals surface area contributed by atoms with Crippen molar-refractivity contribution in [3.63, 3.8) is 0 Å². The van der Waals surface area contributed by atoms with E-state index in [1.165, 1.54) is 30.5 Å². The lowest BCUT2D eigenvalue weighted by molar-refractivity contribution is 0.0684. The van der Waals surface area contributed by atoms with Crippen molar-refractivity contribution in [2.24, 2.45) is 5.92 Å². The van der Waals surface area contributed by atoms with Crippen molar-refractivity contribution < 1.29 is 19.1 Å². The molecule has 5 nitrogen and oxygen atoms in total. The molecule has 1 aromatic heterocycles. The maximum atomic E-state index is 13.0. The van der Waals surface area contributed by atoms with Crippen LogP contribution in [0.3, 0.4) is 0 Å². The highest BCUT2D eigenvalue weighted by Gasteiger charge is 2.25. The van der Waals surface area contributed by atoms with E-state index in [2.05, 4.69) is 4.98 Å². The molecule has 1 saturated heterocycles. The van der Waals surface area contributed by atoms with Crippen molar-refractivity contribution in [2.45, 2.75) is 19.3 Å². The van der Waals surface area contributed by atoms with E-state index in [0.717, 1.165) is 24.8 Å². The number of amides is 1. The maximum Gasteiger partial charge on any atom is 0.335 e. The van der Waals surface area contributed by atoms with Gasteiger partial charge >= 0.3 is 5.97 Å². The predicted molar refractivity (Wildman–Crippen MR) is 89.9 cm³/mol. The summed E-state index contributed by atoms with van der Waals surface area (Å²) in [6.45, 7) is 1.23. The van der Waals surface area contributed by atoms with Gasteiger partial charge in [0, 0.05) is 19.3 Å². The second kappa shape index (κ2) is 7.42. The summed E-state index contributed by atoms with van der Waals surface area (Å²) in [5, 5.41) is 9.02. The molecule has 1 aromatic carbocycles. The standard InChI is InChI=1S/C19H19FN2O3/c20-16-3-1-13(2-4-16)11-14-6-9-22(10-7-14)18(23)17-12-15(19(24)25)5-8-21-17/h1-5,8,12,14H,6-7,9-11H2,(H,24,25). The Morgan fingerprint density at radius 1 is 1.16 bits per heavy atom. The number of carboxylic acids is 1. The summed E-state index contributed by atoms with van der Waals surface area (Å²) in [7, 11) is 0. The molecule has 130 valence electrons. The average molecular weight is 342 g/mol. The van der Waals surface area contributed by atoms with E-state index in [1.54, 1.807) is 17.0 Å². The Labute approximate surface area is 145 Å². The van der Waals surface area contributed by atoms with Gasteiger partial charge in [-0.3, -0.25) is 9.78 Å². The van der Waals surface area contributed by atoms with E-state index in [0.29, 0.717) is 19.0 Å². The Morgan fingerprint density at radius 2 is 1.84 bits per heavy atom. The van der Waals surface area contributed by atoms with E-state index < -0.39 is 5.97 Å². The Balaban J connectivity index is 1.58. The van der Waals surface area contributed by atoms with Gasteiger partial charge in [-0.15, -0.1) is 0 Å². The third-order valence-electron chi connectivity index (χ3n) is 4.57. The number of likely N-dealkylation sites (tertiary alicyclic amines) is 1. The first-order valence-corrected chi connectivity index (χ1v) is 8.26. The normalized spacial score (nSPS) is 15.2. The van der Waals surface area contributed by atoms with Gasteiger partial charge in [0.2, 0.25) is 0 Å². The smallest absolute Gasteiger partial charge is 0.335 e. The lowest BCUT2D eigenvalue weighted by atomic mass is 9.90. The number of aromatic nitrogens is 1. The van der Waals surface area contributed by atoms with Gasteiger partial charge < -0.3 is 10.0 Å². The summed E-state index contributed by atoms with van der Waals surface area (Å²) in [4.78, 5) is 29.2. The fourth-order valence-corrected chi connectivity index (χ4v) is 3.14. The third-order valence-corrected chi connectivity index (χ3v) is 4.57. The zero-order chi connectivity index (χ0) is 17.8. The van der Waals surface area contributed by atoms with Crippen LogP contribution in [0, 0.1) is 11.7 Å². The van der Waals surface area contributed by atoms with E-state index in [9.17, 15) is 14.0 Å². The number of carbonyl (C=O) groups is 2. The molecular weight excluding hydrogens is 323 g/mol. The van der Waals surface area contributed by atoms with Crippen molar-refractivity contribution in [2.75, 3.05) is 13.1 Å². The molecule has 0 radical (unpaired) electrons. The average Bonchev–Trinajstić information content (AvgIpc) is 2.64. The van der Waals surface area contributed by atoms with Crippen molar-refractivity contribution in [1.82, 2.24) is 9.88 Å². The summed E-state index contributed by atoms with van der Waals surface area (Å²) >= 11 is 0. The van der Waals surface area contributed by atoms with Crippen LogP contribution in [0.25, 0.3) is 0 Å². The van der Waals surface area contributed by atoms with Crippen LogP contribution in [0.15, 0.2) is 42.6 Å². The minimum Gasteiger partial charge on any atom is -0.478 e. The van der Waals surface area contributed by atoms with Crippen LogP contribution in [-0.2, 0) is 6.42 Å². The number of carbonyl (C=O) groups excluding carboxylic acids is 1. The quantitative estimate of drug-likeness (QED) is 0.927. The molecule has 1 aliphatic rings. The monoisotopic (exact) mass is 342 g/mol. The predicted octanol–water partition coefficient (Wildman–Crippen LogP) is 3.01. The summed E-state index contributed by atoms with van der Waals surface area (Å²) in [5.41, 5.74) is 1.32. The van der Waals surface area contributed by atoms with Crippen molar-refractivity contribution >= 4 is 11.9 Å². The number of carboxylic acid groups (broad SMARTS) is 1. The first-order valence-electron chi connectivity index (χ1n) is 8.26. The molecule has 1 fully saturated rings. The molecule has 0 atom stereocenters. The van der Waals surface area contributed by atoms with Gasteiger partial charge in [-0.2, -0.15) is 0 Å². The second-order valence-electron chi connectivity index (χ2n) is 6.30. The fourth-order valence-electron chi connectivity index (χ4n) is 3.14. The first kappa shape index (κ1) is 17.1. The van der Waals surface area contributed by atoms with Gasteiger partial charge in [0.25, 0.3) is 5.91 Å². The van der Waals surface area contributed by atoms with Gasteiger partial charge in [-0.05, 0) is 55.0 Å². The summed E-state index contributed by atoms with van der Waals surface area (Å²) in [5.74, 6) is -1.09. The highest BCUT2D eigenvalue weighted by Crippen LogP contribution is 2.23. The number of halogens is 1. The molecule has 0 spiro atoms. The highest BCUT2D eigenvalue weighted by molar-refractivity contribution is 5.95. The number of pyridine rings is 1. The Bertz CT molecular complexity index is 768. The molecule has 0 saturated carbocycles. The van der Waals surface area contributed by atoms with Crippen molar-refractivity contribution in [1.29, 1.82) is 0 Å².